The maximum Gasteiger partial charge on any atom is 0.308 e. The largest absolute Gasteiger partial charge is 0.462 e. The quantitative estimate of drug-likeness (QED) is 0.235. The molecule has 14 heteroatoms. The van der Waals surface area contributed by atoms with E-state index in [1.54, 1.807) is 71.0 Å². The molecule has 0 spiro atoms. The van der Waals surface area contributed by atoms with Crippen molar-refractivity contribution >= 4 is 11.8 Å². The van der Waals surface area contributed by atoms with Crippen molar-refractivity contribution in [3.63, 3.8) is 0 Å². The van der Waals surface area contributed by atoms with Crippen molar-refractivity contribution in [2.45, 2.75) is 152 Å². The van der Waals surface area contributed by atoms with E-state index in [1.165, 1.54) is 21.0 Å². The van der Waals surface area contributed by atoms with Crippen LogP contribution in [0.25, 0.3) is 0 Å². The van der Waals surface area contributed by atoms with Gasteiger partial charge in [0.1, 0.15) is 36.3 Å². The lowest BCUT2D eigenvalue weighted by Crippen LogP contribution is -2.66. The van der Waals surface area contributed by atoms with Gasteiger partial charge in [0.25, 0.3) is 0 Å². The monoisotopic (exact) mass is 701 g/mol. The van der Waals surface area contributed by atoms with Crippen molar-refractivity contribution in [2.24, 2.45) is 11.8 Å². The van der Waals surface area contributed by atoms with E-state index in [0.717, 1.165) is 0 Å². The van der Waals surface area contributed by atoms with Gasteiger partial charge in [0, 0.05) is 25.9 Å². The number of allylic oxidation sites excluding steroid dienone is 2. The van der Waals surface area contributed by atoms with E-state index < -0.39 is 109 Å². The van der Waals surface area contributed by atoms with Crippen molar-refractivity contribution in [2.75, 3.05) is 21.2 Å². The van der Waals surface area contributed by atoms with Gasteiger partial charge >= 0.3 is 5.97 Å². The molecule has 282 valence electrons. The highest BCUT2D eigenvalue weighted by atomic mass is 16.7. The van der Waals surface area contributed by atoms with Crippen molar-refractivity contribution in [1.82, 2.24) is 4.90 Å². The van der Waals surface area contributed by atoms with E-state index in [9.17, 15) is 35.1 Å². The molecule has 0 aromatic rings. The second-order valence-corrected chi connectivity index (χ2v) is 14.4. The number of Topliss-reactive ketones (excluding diaryl/α,β-unsaturated/α-hetero) is 1. The molecular formula is C35H59NO13. The Bertz CT molecular complexity index is 1130. The van der Waals surface area contributed by atoms with Crippen LogP contribution in [0, 0.1) is 11.8 Å². The van der Waals surface area contributed by atoms with Crippen molar-refractivity contribution < 1.29 is 63.5 Å². The van der Waals surface area contributed by atoms with Crippen LogP contribution in [0.5, 0.6) is 0 Å². The molecule has 3 aliphatic heterocycles. The number of rotatable bonds is 7. The van der Waals surface area contributed by atoms with Crippen LogP contribution in [0.15, 0.2) is 24.3 Å². The molecule has 0 bridgehead atoms. The molecule has 0 aromatic heterocycles. The normalized spacial score (nSPS) is 46.2. The maximum absolute atomic E-state index is 13.3. The fraction of sp³-hybridized carbons (Fsp3) is 0.829. The molecule has 3 aliphatic rings. The number of carbonyl (C=O) groups is 2. The smallest absolute Gasteiger partial charge is 0.308 e. The van der Waals surface area contributed by atoms with Crippen LogP contribution in [0.4, 0.5) is 0 Å². The van der Waals surface area contributed by atoms with Gasteiger partial charge in [0.05, 0.1) is 48.6 Å². The van der Waals surface area contributed by atoms with Crippen LogP contribution in [-0.4, -0.2) is 149 Å². The van der Waals surface area contributed by atoms with Crippen LogP contribution in [0.3, 0.4) is 0 Å². The lowest BCUT2D eigenvalue weighted by atomic mass is 9.82. The van der Waals surface area contributed by atoms with Gasteiger partial charge < -0.3 is 58.9 Å². The zero-order valence-corrected chi connectivity index (χ0v) is 30.2. The number of ketones is 1. The van der Waals surface area contributed by atoms with Crippen LogP contribution in [0.2, 0.25) is 0 Å². The molecule has 0 aromatic carbocycles. The number of aliphatic hydroxyl groups excluding tert-OH is 4. The third-order valence-corrected chi connectivity index (χ3v) is 9.84. The van der Waals surface area contributed by atoms with Gasteiger partial charge in [0.15, 0.2) is 12.6 Å². The summed E-state index contributed by atoms with van der Waals surface area (Å²) < 4.78 is 36.0. The Hall–Kier alpha value is -1.82. The Labute approximate surface area is 289 Å². The first-order valence-electron chi connectivity index (χ1n) is 17.2. The van der Waals surface area contributed by atoms with Crippen LogP contribution in [-0.2, 0) is 38.0 Å². The Morgan fingerprint density at radius 1 is 0.980 bits per heavy atom. The molecule has 0 aliphatic carbocycles. The minimum atomic E-state index is -1.47. The molecule has 14 nitrogen and oxygen atoms in total. The highest BCUT2D eigenvalue weighted by molar-refractivity contribution is 5.79. The number of carbonyl (C=O) groups excluding carboxylic acids is 2. The lowest BCUT2D eigenvalue weighted by Gasteiger charge is -2.50. The molecule has 0 saturated carbocycles. The number of hydrogen-bond donors (Lipinski definition) is 5. The fourth-order valence-electron chi connectivity index (χ4n) is 6.95. The molecule has 5 N–H and O–H groups in total. The SMILES string of the molecule is CO[C@@H]1[C@@H](O[C@@H]2O[C@H](C)[C@@H](O[C@H]3C[C@@](C)(O)[C@H](O)[C@@H](C)O3)[C@H](N(C)C)[C@H]2O)[C@@H](C(C)=O)C[C@@H](C)[C@@H](O)/C=C/C=C/C[C@@H](C)OC(=O)C[C@H]1O. The zero-order chi connectivity index (χ0) is 36.8. The van der Waals surface area contributed by atoms with Crippen molar-refractivity contribution in [1.29, 1.82) is 0 Å². The second kappa shape index (κ2) is 18.1. The summed E-state index contributed by atoms with van der Waals surface area (Å²) in [6.07, 6.45) is -5.41. The first-order valence-corrected chi connectivity index (χ1v) is 17.2. The van der Waals surface area contributed by atoms with Gasteiger partial charge in [-0.3, -0.25) is 9.59 Å². The average Bonchev–Trinajstić information content (AvgIpc) is 2.99. The Kier molecular flexibility index (Phi) is 15.4. The van der Waals surface area contributed by atoms with Crippen LogP contribution < -0.4 is 0 Å². The minimum absolute atomic E-state index is 0.0234. The number of ether oxygens (including phenoxy) is 6. The van der Waals surface area contributed by atoms with E-state index in [0.29, 0.717) is 6.42 Å². The predicted molar refractivity (Wildman–Crippen MR) is 177 cm³/mol. The third-order valence-electron chi connectivity index (χ3n) is 9.84. The third kappa shape index (κ3) is 10.8. The van der Waals surface area contributed by atoms with Gasteiger partial charge in [0.2, 0.25) is 0 Å². The second-order valence-electron chi connectivity index (χ2n) is 14.4. The molecule has 2 fully saturated rings. The molecule has 0 unspecified atom stereocenters. The number of cyclic esters (lactones) is 1. The molecule has 0 radical (unpaired) electrons. The minimum Gasteiger partial charge on any atom is -0.462 e. The van der Waals surface area contributed by atoms with Gasteiger partial charge in [-0.2, -0.15) is 0 Å². The van der Waals surface area contributed by atoms with Crippen molar-refractivity contribution in [3.8, 4) is 0 Å². The van der Waals surface area contributed by atoms with Crippen LogP contribution in [0.1, 0.15) is 67.2 Å². The molecule has 3 rings (SSSR count). The summed E-state index contributed by atoms with van der Waals surface area (Å²) in [6, 6.07) is -0.743. The Morgan fingerprint density at radius 3 is 2.24 bits per heavy atom. The average molecular weight is 702 g/mol. The predicted octanol–water partition coefficient (Wildman–Crippen LogP) is 0.846. The summed E-state index contributed by atoms with van der Waals surface area (Å²) in [5.74, 6) is -2.38. The maximum atomic E-state index is 13.3. The van der Waals surface area contributed by atoms with Gasteiger partial charge in [-0.25, -0.2) is 0 Å². The van der Waals surface area contributed by atoms with Crippen molar-refractivity contribution in [3.05, 3.63) is 24.3 Å². The number of methoxy groups -OCH3 is 1. The van der Waals surface area contributed by atoms with E-state index in [4.69, 9.17) is 28.4 Å². The highest BCUT2D eigenvalue weighted by Gasteiger charge is 2.52. The summed E-state index contributed by atoms with van der Waals surface area (Å²) >= 11 is 0. The summed E-state index contributed by atoms with van der Waals surface area (Å²) in [4.78, 5) is 27.9. The Morgan fingerprint density at radius 2 is 1.65 bits per heavy atom. The summed E-state index contributed by atoms with van der Waals surface area (Å²) in [5.41, 5.74) is -1.47. The van der Waals surface area contributed by atoms with E-state index in [2.05, 4.69) is 0 Å². The zero-order valence-electron chi connectivity index (χ0n) is 30.2. The number of nitrogens with zero attached hydrogens (tertiary/aromatic N) is 1. The van der Waals surface area contributed by atoms with E-state index >= 15 is 0 Å². The highest BCUT2D eigenvalue weighted by Crippen LogP contribution is 2.36. The topological polar surface area (TPSA) is 194 Å². The molecule has 3 heterocycles. The number of hydrogen-bond acceptors (Lipinski definition) is 14. The summed E-state index contributed by atoms with van der Waals surface area (Å²) in [7, 11) is 4.81. The summed E-state index contributed by atoms with van der Waals surface area (Å²) in [5, 5.41) is 55.2. The number of likely N-dealkylation sites (N-methyl/N-ethyl adjacent to an activating group) is 1. The first-order chi connectivity index (χ1) is 22.9. The lowest BCUT2D eigenvalue weighted by molar-refractivity contribution is -0.343. The van der Waals surface area contributed by atoms with Gasteiger partial charge in [-0.05, 0) is 61.1 Å². The standard InChI is InChI=1S/C35H59NO13/c1-18-15-23(20(3)37)31(32(44-9)25(39)16-26(40)45-19(2)13-11-10-12-14-24(18)38)49-34-29(41)28(36(7)8)30(21(4)47-34)48-27-17-35(6,43)33(42)22(5)46-27/h10-12,14,18-19,21-25,27-34,38-39,41-43H,13,15-17H2,1-9H3/b11-10+,14-12+/t18-,19-,21-,22-,23-,24+,25-,27+,28-,29-,30-,31+,32+,33-,34+,35-/m1/s1. The molecular weight excluding hydrogens is 642 g/mol. The van der Waals surface area contributed by atoms with Crippen LogP contribution >= 0.6 is 0 Å². The van der Waals surface area contributed by atoms with E-state index in [1.807, 2.05) is 0 Å². The van der Waals surface area contributed by atoms with Gasteiger partial charge in [-0.1, -0.05) is 31.2 Å². The van der Waals surface area contributed by atoms with Gasteiger partial charge in [-0.15, -0.1) is 0 Å². The summed E-state index contributed by atoms with van der Waals surface area (Å²) in [6.45, 7) is 9.74. The number of aliphatic hydroxyl groups is 5. The number of esters is 1. The Balaban J connectivity index is 1.96. The van der Waals surface area contributed by atoms with E-state index in [-0.39, 0.29) is 18.6 Å². The molecule has 16 atom stereocenters. The fourth-order valence-corrected chi connectivity index (χ4v) is 6.95. The molecule has 0 amide bonds. The molecule has 49 heavy (non-hydrogen) atoms. The molecule has 2 saturated heterocycles. The first kappa shape index (κ1) is 41.6.